The Morgan fingerprint density at radius 1 is 1.44 bits per heavy atom. The van der Waals surface area contributed by atoms with Gasteiger partial charge in [-0.15, -0.1) is 0 Å². The Bertz CT molecular complexity index is 436. The average molecular weight is 251 g/mol. The van der Waals surface area contributed by atoms with E-state index >= 15 is 0 Å². The second kappa shape index (κ2) is 5.48. The minimum Gasteiger partial charge on any atom is -0.481 e. The lowest BCUT2D eigenvalue weighted by Crippen LogP contribution is -2.43. The maximum atomic E-state index is 13.6. The van der Waals surface area contributed by atoms with E-state index in [-0.39, 0.29) is 11.7 Å². The molecule has 1 aliphatic rings. The van der Waals surface area contributed by atoms with Crippen LogP contribution in [0.5, 0.6) is 0 Å². The molecule has 0 bridgehead atoms. The van der Waals surface area contributed by atoms with Crippen LogP contribution in [-0.2, 0) is 11.3 Å². The summed E-state index contributed by atoms with van der Waals surface area (Å²) in [5.74, 6) is -1.30. The predicted molar refractivity (Wildman–Crippen MR) is 66.6 cm³/mol. The van der Waals surface area contributed by atoms with E-state index in [0.29, 0.717) is 31.1 Å². The molecule has 0 amide bonds. The second-order valence-electron chi connectivity index (χ2n) is 4.98. The van der Waals surface area contributed by atoms with Crippen LogP contribution in [0.3, 0.4) is 0 Å². The molecule has 2 rings (SSSR count). The summed E-state index contributed by atoms with van der Waals surface area (Å²) >= 11 is 0. The van der Waals surface area contributed by atoms with Crippen LogP contribution >= 0.6 is 0 Å². The van der Waals surface area contributed by atoms with Crippen LogP contribution in [0.15, 0.2) is 24.3 Å². The first kappa shape index (κ1) is 13.0. The first-order valence-corrected chi connectivity index (χ1v) is 6.28. The van der Waals surface area contributed by atoms with E-state index < -0.39 is 5.97 Å². The Morgan fingerprint density at radius 2 is 2.17 bits per heavy atom. The molecule has 1 aliphatic heterocycles. The topological polar surface area (TPSA) is 40.5 Å². The third-order valence-corrected chi connectivity index (χ3v) is 3.69. The molecule has 1 N–H and O–H groups in total. The molecule has 2 unspecified atom stereocenters. The smallest absolute Gasteiger partial charge is 0.307 e. The molecule has 18 heavy (non-hydrogen) atoms. The van der Waals surface area contributed by atoms with Gasteiger partial charge in [0.05, 0.1) is 5.92 Å². The molecule has 1 saturated heterocycles. The van der Waals surface area contributed by atoms with Gasteiger partial charge in [-0.2, -0.15) is 0 Å². The van der Waals surface area contributed by atoms with Gasteiger partial charge in [-0.1, -0.05) is 18.2 Å². The summed E-state index contributed by atoms with van der Waals surface area (Å²) in [5.41, 5.74) is 0.635. The van der Waals surface area contributed by atoms with Crippen molar-refractivity contribution in [3.8, 4) is 0 Å². The van der Waals surface area contributed by atoms with Crippen LogP contribution in [0.4, 0.5) is 4.39 Å². The van der Waals surface area contributed by atoms with Crippen LogP contribution in [0.25, 0.3) is 0 Å². The molecule has 1 fully saturated rings. The fraction of sp³-hybridized carbons (Fsp3) is 0.500. The summed E-state index contributed by atoms with van der Waals surface area (Å²) in [7, 11) is 0. The zero-order valence-electron chi connectivity index (χ0n) is 10.5. The highest BCUT2D eigenvalue weighted by Gasteiger charge is 2.29. The number of rotatable bonds is 3. The highest BCUT2D eigenvalue weighted by atomic mass is 19.1. The molecule has 0 saturated carbocycles. The minimum absolute atomic E-state index is 0.220. The highest BCUT2D eigenvalue weighted by molar-refractivity contribution is 5.70. The fourth-order valence-corrected chi connectivity index (χ4v) is 2.45. The number of nitrogens with zero attached hydrogens (tertiary/aromatic N) is 1. The van der Waals surface area contributed by atoms with E-state index in [1.54, 1.807) is 12.1 Å². The Hall–Kier alpha value is -1.42. The monoisotopic (exact) mass is 251 g/mol. The largest absolute Gasteiger partial charge is 0.481 e. The number of likely N-dealkylation sites (tertiary alicyclic amines) is 1. The zero-order valence-corrected chi connectivity index (χ0v) is 10.5. The molecule has 4 heteroatoms. The van der Waals surface area contributed by atoms with Crippen molar-refractivity contribution in [2.75, 3.05) is 6.54 Å². The van der Waals surface area contributed by atoms with Crippen molar-refractivity contribution in [1.29, 1.82) is 0 Å². The van der Waals surface area contributed by atoms with Crippen molar-refractivity contribution in [1.82, 2.24) is 4.90 Å². The number of carbonyl (C=O) groups is 1. The molecule has 98 valence electrons. The van der Waals surface area contributed by atoms with Gasteiger partial charge < -0.3 is 5.11 Å². The third kappa shape index (κ3) is 2.88. The average Bonchev–Trinajstić information content (AvgIpc) is 2.34. The third-order valence-electron chi connectivity index (χ3n) is 3.69. The zero-order chi connectivity index (χ0) is 13.1. The number of piperidine rings is 1. The van der Waals surface area contributed by atoms with Gasteiger partial charge in [0.15, 0.2) is 0 Å². The van der Waals surface area contributed by atoms with Crippen LogP contribution in [0.1, 0.15) is 25.3 Å². The van der Waals surface area contributed by atoms with Crippen LogP contribution in [0.2, 0.25) is 0 Å². The maximum absolute atomic E-state index is 13.6. The molecule has 3 nitrogen and oxygen atoms in total. The normalized spacial score (nSPS) is 25.0. The summed E-state index contributed by atoms with van der Waals surface area (Å²) in [4.78, 5) is 13.1. The lowest BCUT2D eigenvalue weighted by atomic mass is 9.93. The Labute approximate surface area is 106 Å². The minimum atomic E-state index is -0.750. The van der Waals surface area contributed by atoms with Crippen molar-refractivity contribution in [3.63, 3.8) is 0 Å². The van der Waals surface area contributed by atoms with Crippen molar-refractivity contribution in [3.05, 3.63) is 35.6 Å². The van der Waals surface area contributed by atoms with Gasteiger partial charge in [-0.05, 0) is 25.8 Å². The summed E-state index contributed by atoms with van der Waals surface area (Å²) in [6.07, 6.45) is 1.57. The quantitative estimate of drug-likeness (QED) is 0.897. The molecule has 1 heterocycles. The van der Waals surface area contributed by atoms with Crippen molar-refractivity contribution in [2.45, 2.75) is 32.4 Å². The molecule has 2 atom stereocenters. The summed E-state index contributed by atoms with van der Waals surface area (Å²) in [5, 5.41) is 9.06. The molecular weight excluding hydrogens is 233 g/mol. The van der Waals surface area contributed by atoms with Crippen molar-refractivity contribution in [2.24, 2.45) is 5.92 Å². The number of carboxylic acids is 1. The number of aliphatic carboxylic acids is 1. The van der Waals surface area contributed by atoms with E-state index in [4.69, 9.17) is 5.11 Å². The number of hydrogen-bond acceptors (Lipinski definition) is 2. The van der Waals surface area contributed by atoms with Crippen molar-refractivity contribution < 1.29 is 14.3 Å². The van der Waals surface area contributed by atoms with E-state index in [1.807, 2.05) is 6.07 Å². The van der Waals surface area contributed by atoms with Gasteiger partial charge >= 0.3 is 5.97 Å². The maximum Gasteiger partial charge on any atom is 0.307 e. The molecule has 0 aromatic heterocycles. The summed E-state index contributed by atoms with van der Waals surface area (Å²) < 4.78 is 13.6. The molecule has 0 radical (unpaired) electrons. The second-order valence-corrected chi connectivity index (χ2v) is 4.98. The fourth-order valence-electron chi connectivity index (χ4n) is 2.45. The van der Waals surface area contributed by atoms with Crippen LogP contribution in [-0.4, -0.2) is 28.6 Å². The van der Waals surface area contributed by atoms with Gasteiger partial charge in [-0.25, -0.2) is 4.39 Å². The number of benzene rings is 1. The summed E-state index contributed by atoms with van der Waals surface area (Å²) in [6, 6.07) is 6.98. The first-order valence-electron chi connectivity index (χ1n) is 6.28. The lowest BCUT2D eigenvalue weighted by Gasteiger charge is -2.36. The molecular formula is C14H18FNO2. The van der Waals surface area contributed by atoms with Gasteiger partial charge in [0.1, 0.15) is 5.82 Å². The Morgan fingerprint density at radius 3 is 2.83 bits per heavy atom. The van der Waals surface area contributed by atoms with Gasteiger partial charge in [-0.3, -0.25) is 9.69 Å². The van der Waals surface area contributed by atoms with Gasteiger partial charge in [0, 0.05) is 24.7 Å². The van der Waals surface area contributed by atoms with Gasteiger partial charge in [0.25, 0.3) is 0 Å². The predicted octanol–water partition coefficient (Wildman–Crippen LogP) is 2.51. The number of carboxylic acid groups (broad SMARTS) is 1. The molecule has 0 spiro atoms. The number of hydrogen-bond donors (Lipinski definition) is 1. The lowest BCUT2D eigenvalue weighted by molar-refractivity contribution is -0.144. The molecule has 1 aromatic carbocycles. The van der Waals surface area contributed by atoms with E-state index in [0.717, 1.165) is 6.42 Å². The standard InChI is InChI=1S/C14H18FNO2/c1-10-6-7-12(14(17)18)9-16(10)8-11-4-2-3-5-13(11)15/h2-5,10,12H,6-9H2,1H3,(H,17,18). The molecule has 0 aliphatic carbocycles. The van der Waals surface area contributed by atoms with Crippen LogP contribution < -0.4 is 0 Å². The van der Waals surface area contributed by atoms with Crippen LogP contribution in [0, 0.1) is 11.7 Å². The molecule has 1 aromatic rings. The van der Waals surface area contributed by atoms with E-state index in [9.17, 15) is 9.18 Å². The Kier molecular flexibility index (Phi) is 3.97. The van der Waals surface area contributed by atoms with E-state index in [2.05, 4.69) is 11.8 Å². The number of halogens is 1. The van der Waals surface area contributed by atoms with Crippen molar-refractivity contribution >= 4 is 5.97 Å². The Balaban J connectivity index is 2.07. The highest BCUT2D eigenvalue weighted by Crippen LogP contribution is 2.24. The summed E-state index contributed by atoms with van der Waals surface area (Å²) in [6.45, 7) is 3.06. The first-order chi connectivity index (χ1) is 8.58. The van der Waals surface area contributed by atoms with E-state index in [1.165, 1.54) is 6.07 Å². The van der Waals surface area contributed by atoms with Gasteiger partial charge in [0.2, 0.25) is 0 Å². The SMILES string of the molecule is CC1CCC(C(=O)O)CN1Cc1ccccc1F.